The first-order valence-corrected chi connectivity index (χ1v) is 4.41. The van der Waals surface area contributed by atoms with Gasteiger partial charge in [0.25, 0.3) is 0 Å². The van der Waals surface area contributed by atoms with Crippen molar-refractivity contribution in [1.82, 2.24) is 10.3 Å². The number of amides is 1. The molecule has 0 fully saturated rings. The summed E-state index contributed by atoms with van der Waals surface area (Å²) in [6, 6.07) is 0.101. The molecular weight excluding hydrogens is 164 g/mol. The van der Waals surface area contributed by atoms with E-state index < -0.39 is 0 Å². The zero-order valence-electron chi connectivity index (χ0n) is 7.79. The molecule has 1 N–H and O–H groups in total. The summed E-state index contributed by atoms with van der Waals surface area (Å²) in [4.78, 5) is 15.4. The van der Waals surface area contributed by atoms with Crippen LogP contribution >= 0.6 is 0 Å². The lowest BCUT2D eigenvalue weighted by Crippen LogP contribution is -2.34. The minimum atomic E-state index is 0.101. The van der Waals surface area contributed by atoms with E-state index >= 15 is 0 Å². The average molecular weight is 176 g/mol. The first-order chi connectivity index (χ1) is 6.18. The maximum atomic E-state index is 11.3. The molecule has 0 aliphatic carbocycles. The van der Waals surface area contributed by atoms with E-state index in [1.54, 1.807) is 0 Å². The van der Waals surface area contributed by atoms with Crippen molar-refractivity contribution in [2.75, 3.05) is 0 Å². The van der Waals surface area contributed by atoms with Crippen LogP contribution in [0.4, 0.5) is 0 Å². The number of hydrogen-bond donors (Lipinski definition) is 1. The smallest absolute Gasteiger partial charge is 0.224 e. The van der Waals surface area contributed by atoms with E-state index in [9.17, 15) is 4.79 Å². The molecular formula is C10H12N2O. The highest BCUT2D eigenvalue weighted by atomic mass is 16.1. The van der Waals surface area contributed by atoms with Crippen molar-refractivity contribution in [2.24, 2.45) is 0 Å². The number of aryl methyl sites for hydroxylation is 1. The largest absolute Gasteiger partial charge is 0.349 e. The second kappa shape index (κ2) is 2.83. The summed E-state index contributed by atoms with van der Waals surface area (Å²) in [7, 11) is 0. The number of hydrogen-bond acceptors (Lipinski definition) is 2. The molecule has 1 aromatic heterocycles. The van der Waals surface area contributed by atoms with Crippen LogP contribution in [0.1, 0.15) is 29.7 Å². The molecule has 0 radical (unpaired) electrons. The maximum absolute atomic E-state index is 11.3. The van der Waals surface area contributed by atoms with Gasteiger partial charge in [0.15, 0.2) is 0 Å². The molecule has 0 spiro atoms. The topological polar surface area (TPSA) is 42.0 Å². The van der Waals surface area contributed by atoms with Crippen LogP contribution in [0.2, 0.25) is 0 Å². The molecule has 0 saturated heterocycles. The molecule has 1 atom stereocenters. The molecule has 1 aromatic rings. The summed E-state index contributed by atoms with van der Waals surface area (Å²) < 4.78 is 0. The van der Waals surface area contributed by atoms with Gasteiger partial charge in [-0.25, -0.2) is 0 Å². The molecule has 0 aromatic carbocycles. The molecule has 1 aliphatic heterocycles. The van der Waals surface area contributed by atoms with Gasteiger partial charge in [-0.3, -0.25) is 9.78 Å². The molecule has 13 heavy (non-hydrogen) atoms. The van der Waals surface area contributed by atoms with Crippen molar-refractivity contribution in [2.45, 2.75) is 26.3 Å². The van der Waals surface area contributed by atoms with Crippen LogP contribution in [0.15, 0.2) is 12.4 Å². The molecule has 2 rings (SSSR count). The number of nitrogens with zero attached hydrogens (tertiary/aromatic N) is 1. The number of pyridine rings is 1. The van der Waals surface area contributed by atoms with Gasteiger partial charge in [-0.1, -0.05) is 0 Å². The van der Waals surface area contributed by atoms with Crippen LogP contribution in [0.25, 0.3) is 0 Å². The Morgan fingerprint density at radius 1 is 1.54 bits per heavy atom. The van der Waals surface area contributed by atoms with Crippen molar-refractivity contribution < 1.29 is 4.79 Å². The SMILES string of the molecule is Cc1cncc2c1CC(=O)N[C@H]2C. The van der Waals surface area contributed by atoms with Crippen molar-refractivity contribution in [3.63, 3.8) is 0 Å². The predicted octanol–water partition coefficient (Wildman–Crippen LogP) is 1.12. The van der Waals surface area contributed by atoms with E-state index in [1.165, 1.54) is 0 Å². The third-order valence-corrected chi connectivity index (χ3v) is 2.49. The van der Waals surface area contributed by atoms with E-state index in [0.717, 1.165) is 16.7 Å². The van der Waals surface area contributed by atoms with Gasteiger partial charge in [0.1, 0.15) is 0 Å². The summed E-state index contributed by atoms with van der Waals surface area (Å²) >= 11 is 0. The van der Waals surface area contributed by atoms with Crippen molar-refractivity contribution in [3.05, 3.63) is 29.1 Å². The number of nitrogens with one attached hydrogen (secondary N) is 1. The van der Waals surface area contributed by atoms with Crippen LogP contribution < -0.4 is 5.32 Å². The van der Waals surface area contributed by atoms with Gasteiger partial charge in [0.05, 0.1) is 12.5 Å². The summed E-state index contributed by atoms with van der Waals surface area (Å²) in [5.74, 6) is 0.106. The van der Waals surface area contributed by atoms with Crippen LogP contribution in [0.5, 0.6) is 0 Å². The number of rotatable bonds is 0. The molecule has 0 unspecified atom stereocenters. The van der Waals surface area contributed by atoms with Gasteiger partial charge in [0, 0.05) is 12.4 Å². The van der Waals surface area contributed by atoms with Crippen LogP contribution in [-0.4, -0.2) is 10.9 Å². The van der Waals surface area contributed by atoms with Crippen molar-refractivity contribution in [1.29, 1.82) is 0 Å². The molecule has 3 heteroatoms. The Kier molecular flexibility index (Phi) is 1.79. The molecule has 0 bridgehead atoms. The molecule has 2 heterocycles. The lowest BCUT2D eigenvalue weighted by molar-refractivity contribution is -0.121. The van der Waals surface area contributed by atoms with Gasteiger partial charge in [-0.15, -0.1) is 0 Å². The second-order valence-electron chi connectivity index (χ2n) is 3.49. The van der Waals surface area contributed by atoms with E-state index in [2.05, 4.69) is 10.3 Å². The average Bonchev–Trinajstić information content (AvgIpc) is 2.07. The second-order valence-corrected chi connectivity index (χ2v) is 3.49. The Labute approximate surface area is 77.2 Å². The van der Waals surface area contributed by atoms with Gasteiger partial charge >= 0.3 is 0 Å². The minimum Gasteiger partial charge on any atom is -0.349 e. The minimum absolute atomic E-state index is 0.101. The Balaban J connectivity index is 2.54. The Bertz CT molecular complexity index is 360. The van der Waals surface area contributed by atoms with Crippen LogP contribution in [-0.2, 0) is 11.2 Å². The van der Waals surface area contributed by atoms with Crippen molar-refractivity contribution in [3.8, 4) is 0 Å². The zero-order valence-corrected chi connectivity index (χ0v) is 7.79. The number of carbonyl (C=O) groups excluding carboxylic acids is 1. The van der Waals surface area contributed by atoms with E-state index in [1.807, 2.05) is 26.2 Å². The van der Waals surface area contributed by atoms with Gasteiger partial charge in [0.2, 0.25) is 5.91 Å². The Morgan fingerprint density at radius 2 is 2.31 bits per heavy atom. The third-order valence-electron chi connectivity index (χ3n) is 2.49. The highest BCUT2D eigenvalue weighted by Crippen LogP contribution is 2.23. The predicted molar refractivity (Wildman–Crippen MR) is 49.2 cm³/mol. The summed E-state index contributed by atoms with van der Waals surface area (Å²) in [5.41, 5.74) is 3.41. The Hall–Kier alpha value is -1.38. The monoisotopic (exact) mass is 176 g/mol. The van der Waals surface area contributed by atoms with Crippen LogP contribution in [0.3, 0.4) is 0 Å². The molecule has 0 saturated carbocycles. The van der Waals surface area contributed by atoms with Gasteiger partial charge < -0.3 is 5.32 Å². The summed E-state index contributed by atoms with van der Waals surface area (Å²) in [6.45, 7) is 3.98. The normalized spacial score (nSPS) is 20.8. The summed E-state index contributed by atoms with van der Waals surface area (Å²) in [5, 5.41) is 2.88. The number of fused-ring (bicyclic) bond motifs is 1. The maximum Gasteiger partial charge on any atom is 0.224 e. The molecule has 1 amide bonds. The highest BCUT2D eigenvalue weighted by Gasteiger charge is 2.22. The van der Waals surface area contributed by atoms with Gasteiger partial charge in [-0.2, -0.15) is 0 Å². The highest BCUT2D eigenvalue weighted by molar-refractivity contribution is 5.81. The first-order valence-electron chi connectivity index (χ1n) is 4.41. The quantitative estimate of drug-likeness (QED) is 0.643. The van der Waals surface area contributed by atoms with Gasteiger partial charge in [-0.05, 0) is 30.5 Å². The van der Waals surface area contributed by atoms with Crippen LogP contribution in [0, 0.1) is 6.92 Å². The number of carbonyl (C=O) groups is 1. The summed E-state index contributed by atoms with van der Waals surface area (Å²) in [6.07, 6.45) is 4.14. The fraction of sp³-hybridized carbons (Fsp3) is 0.400. The standard InChI is InChI=1S/C10H12N2O/c1-6-4-11-5-9-7(2)12-10(13)3-8(6)9/h4-5,7H,3H2,1-2H3,(H,12,13)/t7-/m0/s1. The zero-order chi connectivity index (χ0) is 9.42. The van der Waals surface area contributed by atoms with Crippen molar-refractivity contribution >= 4 is 5.91 Å². The molecule has 3 nitrogen and oxygen atoms in total. The fourth-order valence-electron chi connectivity index (χ4n) is 1.76. The first kappa shape index (κ1) is 8.23. The molecule has 68 valence electrons. The fourth-order valence-corrected chi connectivity index (χ4v) is 1.76. The lowest BCUT2D eigenvalue weighted by atomic mass is 9.94. The number of aromatic nitrogens is 1. The Morgan fingerprint density at radius 3 is 3.08 bits per heavy atom. The molecule has 1 aliphatic rings. The van der Waals surface area contributed by atoms with E-state index in [4.69, 9.17) is 0 Å². The van der Waals surface area contributed by atoms with E-state index in [0.29, 0.717) is 6.42 Å². The third kappa shape index (κ3) is 1.30. The lowest BCUT2D eigenvalue weighted by Gasteiger charge is -2.24. The van der Waals surface area contributed by atoms with E-state index in [-0.39, 0.29) is 11.9 Å².